The summed E-state index contributed by atoms with van der Waals surface area (Å²) in [6, 6.07) is 12.8. The van der Waals surface area contributed by atoms with E-state index in [1.54, 1.807) is 36.4 Å². The molecule has 2 aromatic rings. The first kappa shape index (κ1) is 18.4. The molecule has 0 aliphatic carbocycles. The first-order chi connectivity index (χ1) is 11.8. The highest BCUT2D eigenvalue weighted by Gasteiger charge is 2.09. The lowest BCUT2D eigenvalue weighted by atomic mass is 10.2. The lowest BCUT2D eigenvalue weighted by Gasteiger charge is -2.11. The van der Waals surface area contributed by atoms with E-state index in [2.05, 4.69) is 10.6 Å². The van der Waals surface area contributed by atoms with Gasteiger partial charge >= 0.3 is 5.97 Å². The maximum atomic E-state index is 12.2. The number of carbonyl (C=O) groups excluding carboxylic acids is 1. The highest BCUT2D eigenvalue weighted by atomic mass is 32.1. The van der Waals surface area contributed by atoms with Gasteiger partial charge in [-0.15, -0.1) is 0 Å². The van der Waals surface area contributed by atoms with Crippen molar-refractivity contribution in [3.05, 3.63) is 59.7 Å². The molecule has 0 unspecified atom stereocenters. The minimum atomic E-state index is -1.01. The molecule has 6 nitrogen and oxygen atoms in total. The summed E-state index contributed by atoms with van der Waals surface area (Å²) in [7, 11) is 0. The first-order valence-electron chi connectivity index (χ1n) is 7.57. The van der Waals surface area contributed by atoms with Gasteiger partial charge in [0.1, 0.15) is 5.75 Å². The second-order valence-electron chi connectivity index (χ2n) is 5.48. The van der Waals surface area contributed by atoms with Gasteiger partial charge in [0.15, 0.2) is 5.11 Å². The van der Waals surface area contributed by atoms with Crippen LogP contribution >= 0.6 is 12.2 Å². The second kappa shape index (κ2) is 8.25. The highest BCUT2D eigenvalue weighted by molar-refractivity contribution is 7.80. The Morgan fingerprint density at radius 1 is 1.00 bits per heavy atom. The van der Waals surface area contributed by atoms with Gasteiger partial charge in [0.05, 0.1) is 11.7 Å². The van der Waals surface area contributed by atoms with Crippen LogP contribution in [0.1, 0.15) is 34.6 Å². The maximum Gasteiger partial charge on any atom is 0.335 e. The number of nitrogens with one attached hydrogen (secondary N) is 2. The fourth-order valence-corrected chi connectivity index (χ4v) is 2.20. The molecule has 0 aliphatic heterocycles. The van der Waals surface area contributed by atoms with Crippen LogP contribution in [0.4, 0.5) is 5.69 Å². The number of carboxylic acid groups (broad SMARTS) is 1. The lowest BCUT2D eigenvalue weighted by Crippen LogP contribution is -2.34. The van der Waals surface area contributed by atoms with Crippen LogP contribution in [0.25, 0.3) is 0 Å². The molecule has 0 bridgehead atoms. The molecule has 0 aliphatic rings. The Bertz CT molecular complexity index is 771. The Balaban J connectivity index is 1.93. The fourth-order valence-electron chi connectivity index (χ4n) is 1.99. The molecule has 0 atom stereocenters. The third-order valence-electron chi connectivity index (χ3n) is 3.11. The summed E-state index contributed by atoms with van der Waals surface area (Å²) in [5.41, 5.74) is 1.20. The van der Waals surface area contributed by atoms with E-state index in [-0.39, 0.29) is 22.7 Å². The molecule has 0 heterocycles. The smallest absolute Gasteiger partial charge is 0.335 e. The van der Waals surface area contributed by atoms with E-state index in [4.69, 9.17) is 22.1 Å². The quantitative estimate of drug-likeness (QED) is 0.711. The van der Waals surface area contributed by atoms with Gasteiger partial charge in [-0.3, -0.25) is 10.1 Å². The zero-order chi connectivity index (χ0) is 18.4. The number of carboxylic acids is 1. The number of aromatic carboxylic acids is 1. The zero-order valence-corrected chi connectivity index (χ0v) is 14.6. The van der Waals surface area contributed by atoms with Crippen molar-refractivity contribution in [1.29, 1.82) is 0 Å². The predicted molar refractivity (Wildman–Crippen MR) is 99.3 cm³/mol. The SMILES string of the molecule is CC(C)Oc1ccc(C(=O)NC(=S)Nc2ccc(C(=O)O)cc2)cc1. The number of carbonyl (C=O) groups is 2. The molecule has 25 heavy (non-hydrogen) atoms. The van der Waals surface area contributed by atoms with Crippen LogP contribution < -0.4 is 15.4 Å². The number of hydrogen-bond donors (Lipinski definition) is 3. The number of benzene rings is 2. The molecule has 1 amide bonds. The number of rotatable bonds is 5. The first-order valence-corrected chi connectivity index (χ1v) is 7.98. The van der Waals surface area contributed by atoms with Gasteiger partial charge in [-0.05, 0) is 74.6 Å². The van der Waals surface area contributed by atoms with Crippen molar-refractivity contribution in [3.63, 3.8) is 0 Å². The largest absolute Gasteiger partial charge is 0.491 e. The summed E-state index contributed by atoms with van der Waals surface area (Å²) in [5.74, 6) is -0.672. The van der Waals surface area contributed by atoms with Gasteiger partial charge in [-0.25, -0.2) is 4.79 Å². The Kier molecular flexibility index (Phi) is 6.08. The van der Waals surface area contributed by atoms with Crippen LogP contribution in [0.5, 0.6) is 5.75 Å². The van der Waals surface area contributed by atoms with Gasteiger partial charge < -0.3 is 15.2 Å². The van der Waals surface area contributed by atoms with Gasteiger partial charge in [-0.2, -0.15) is 0 Å². The molecular formula is C18H18N2O4S. The summed E-state index contributed by atoms with van der Waals surface area (Å²) < 4.78 is 5.52. The van der Waals surface area contributed by atoms with Crippen molar-refractivity contribution in [2.45, 2.75) is 20.0 Å². The van der Waals surface area contributed by atoms with Gasteiger partial charge in [-0.1, -0.05) is 0 Å². The van der Waals surface area contributed by atoms with Gasteiger partial charge in [0.2, 0.25) is 0 Å². The van der Waals surface area contributed by atoms with Gasteiger partial charge in [0.25, 0.3) is 5.91 Å². The van der Waals surface area contributed by atoms with Crippen molar-refractivity contribution >= 4 is 34.9 Å². The minimum absolute atomic E-state index is 0.0592. The topological polar surface area (TPSA) is 87.7 Å². The average Bonchev–Trinajstić information content (AvgIpc) is 2.55. The van der Waals surface area contributed by atoms with Crippen molar-refractivity contribution in [2.75, 3.05) is 5.32 Å². The molecule has 0 saturated heterocycles. The number of ether oxygens (including phenoxy) is 1. The number of anilines is 1. The number of amides is 1. The minimum Gasteiger partial charge on any atom is -0.491 e. The summed E-state index contributed by atoms with van der Waals surface area (Å²) >= 11 is 5.10. The molecule has 0 saturated carbocycles. The van der Waals surface area contributed by atoms with Crippen molar-refractivity contribution in [1.82, 2.24) is 5.32 Å². The van der Waals surface area contributed by atoms with Crippen LogP contribution in [-0.4, -0.2) is 28.2 Å². The van der Waals surface area contributed by atoms with Gasteiger partial charge in [0, 0.05) is 11.3 Å². The molecule has 0 radical (unpaired) electrons. The van der Waals surface area contributed by atoms with E-state index in [0.29, 0.717) is 17.0 Å². The van der Waals surface area contributed by atoms with Crippen molar-refractivity contribution in [2.24, 2.45) is 0 Å². The van der Waals surface area contributed by atoms with Crippen molar-refractivity contribution < 1.29 is 19.4 Å². The predicted octanol–water partition coefficient (Wildman–Crippen LogP) is 3.30. The van der Waals surface area contributed by atoms with Crippen LogP contribution in [0, 0.1) is 0 Å². The third kappa shape index (κ3) is 5.58. The van der Waals surface area contributed by atoms with E-state index < -0.39 is 5.97 Å². The Morgan fingerprint density at radius 2 is 1.56 bits per heavy atom. The molecule has 7 heteroatoms. The monoisotopic (exact) mass is 358 g/mol. The van der Waals surface area contributed by atoms with E-state index in [9.17, 15) is 9.59 Å². The van der Waals surface area contributed by atoms with Crippen LogP contribution in [0.3, 0.4) is 0 Å². The molecule has 2 aromatic carbocycles. The zero-order valence-electron chi connectivity index (χ0n) is 13.8. The summed E-state index contributed by atoms with van der Waals surface area (Å²) in [5, 5.41) is 14.4. The van der Waals surface area contributed by atoms with Crippen LogP contribution in [0.2, 0.25) is 0 Å². The van der Waals surface area contributed by atoms with E-state index in [1.165, 1.54) is 12.1 Å². The molecular weight excluding hydrogens is 340 g/mol. The number of hydrogen-bond acceptors (Lipinski definition) is 4. The Hall–Kier alpha value is -2.93. The second-order valence-corrected chi connectivity index (χ2v) is 5.89. The molecule has 2 rings (SSSR count). The highest BCUT2D eigenvalue weighted by Crippen LogP contribution is 2.14. The molecule has 0 fully saturated rings. The maximum absolute atomic E-state index is 12.2. The lowest BCUT2D eigenvalue weighted by molar-refractivity contribution is 0.0696. The Morgan fingerprint density at radius 3 is 2.08 bits per heavy atom. The van der Waals surface area contributed by atoms with E-state index in [0.717, 1.165) is 0 Å². The van der Waals surface area contributed by atoms with Crippen LogP contribution in [0.15, 0.2) is 48.5 Å². The third-order valence-corrected chi connectivity index (χ3v) is 3.31. The van der Waals surface area contributed by atoms with E-state index >= 15 is 0 Å². The molecule has 0 spiro atoms. The van der Waals surface area contributed by atoms with E-state index in [1.807, 2.05) is 13.8 Å². The molecule has 3 N–H and O–H groups in total. The van der Waals surface area contributed by atoms with Crippen molar-refractivity contribution in [3.8, 4) is 5.75 Å². The molecule has 0 aromatic heterocycles. The standard InChI is InChI=1S/C18H18N2O4S/c1-11(2)24-15-9-5-12(6-10-15)16(21)20-18(25)19-14-7-3-13(4-8-14)17(22)23/h3-11H,1-2H3,(H,22,23)(H2,19,20,21,25). The summed E-state index contributed by atoms with van der Waals surface area (Å²) in [6.07, 6.45) is 0.0592. The normalized spacial score (nSPS) is 10.2. The molecule has 130 valence electrons. The van der Waals surface area contributed by atoms with Crippen LogP contribution in [-0.2, 0) is 0 Å². The summed E-state index contributed by atoms with van der Waals surface area (Å²) in [6.45, 7) is 3.85. The summed E-state index contributed by atoms with van der Waals surface area (Å²) in [4.78, 5) is 23.0. The fraction of sp³-hybridized carbons (Fsp3) is 0.167. The Labute approximate surface area is 150 Å². The number of thiocarbonyl (C=S) groups is 1. The average molecular weight is 358 g/mol.